The largest absolute Gasteiger partial charge is 0.359 e. The van der Waals surface area contributed by atoms with Crippen LogP contribution >= 0.6 is 12.2 Å². The quantitative estimate of drug-likeness (QED) is 0.830. The number of thiocarbonyl (C=S) groups is 1. The summed E-state index contributed by atoms with van der Waals surface area (Å²) in [6.07, 6.45) is 3.88. The molecule has 4 nitrogen and oxygen atoms in total. The van der Waals surface area contributed by atoms with Crippen LogP contribution in [0, 0.1) is 0 Å². The molecule has 0 bridgehead atoms. The van der Waals surface area contributed by atoms with Gasteiger partial charge in [0, 0.05) is 24.8 Å². The molecule has 0 aliphatic rings. The fraction of sp³-hybridized carbons (Fsp3) is 0.333. The molecule has 0 spiro atoms. The third-order valence-corrected chi connectivity index (χ3v) is 3.37. The maximum Gasteiger partial charge on any atom is 0.167 e. The summed E-state index contributed by atoms with van der Waals surface area (Å²) in [5, 5.41) is 11.4. The molecule has 0 saturated carbocycles. The van der Waals surface area contributed by atoms with E-state index in [0.29, 0.717) is 11.7 Å². The molecule has 20 heavy (non-hydrogen) atoms. The summed E-state index contributed by atoms with van der Waals surface area (Å²) in [4.78, 5) is 0. The van der Waals surface area contributed by atoms with E-state index in [0.717, 1.165) is 12.1 Å². The number of hydrogen-bond acceptors (Lipinski definition) is 2. The molecule has 0 aliphatic carbocycles. The lowest BCUT2D eigenvalue weighted by Gasteiger charge is -2.17. The maximum atomic E-state index is 5.32. The van der Waals surface area contributed by atoms with Gasteiger partial charge in [-0.3, -0.25) is 4.68 Å². The lowest BCUT2D eigenvalue weighted by atomic mass is 10.1. The van der Waals surface area contributed by atoms with Crippen molar-refractivity contribution in [3.63, 3.8) is 0 Å². The first-order valence-corrected chi connectivity index (χ1v) is 7.20. The zero-order valence-electron chi connectivity index (χ0n) is 11.8. The topological polar surface area (TPSA) is 41.9 Å². The Balaban J connectivity index is 1.80. The molecule has 1 aromatic carbocycles. The van der Waals surface area contributed by atoms with Crippen LogP contribution in [0.3, 0.4) is 0 Å². The predicted molar refractivity (Wildman–Crippen MR) is 85.3 cm³/mol. The van der Waals surface area contributed by atoms with Crippen LogP contribution < -0.4 is 10.6 Å². The first-order chi connectivity index (χ1) is 9.69. The summed E-state index contributed by atoms with van der Waals surface area (Å²) in [6.45, 7) is 5.73. The second kappa shape index (κ2) is 7.05. The number of nitrogens with one attached hydrogen (secondary N) is 2. The van der Waals surface area contributed by atoms with Gasteiger partial charge in [0.25, 0.3) is 0 Å². The summed E-state index contributed by atoms with van der Waals surface area (Å²) in [7, 11) is 0. The van der Waals surface area contributed by atoms with Gasteiger partial charge in [0.05, 0.1) is 12.2 Å². The van der Waals surface area contributed by atoms with E-state index >= 15 is 0 Å². The minimum absolute atomic E-state index is 0.189. The van der Waals surface area contributed by atoms with E-state index in [4.69, 9.17) is 12.2 Å². The molecule has 1 atom stereocenters. The molecule has 1 heterocycles. The molecule has 0 radical (unpaired) electrons. The third-order valence-electron chi connectivity index (χ3n) is 3.11. The van der Waals surface area contributed by atoms with Gasteiger partial charge in [0.15, 0.2) is 5.11 Å². The number of aryl methyl sites for hydroxylation is 1. The summed E-state index contributed by atoms with van der Waals surface area (Å²) in [5.74, 6) is 0. The Hall–Kier alpha value is -1.88. The predicted octanol–water partition coefficient (Wildman–Crippen LogP) is 2.63. The van der Waals surface area contributed by atoms with Gasteiger partial charge in [0.2, 0.25) is 0 Å². The van der Waals surface area contributed by atoms with E-state index in [-0.39, 0.29) is 6.04 Å². The van der Waals surface area contributed by atoms with Gasteiger partial charge in [-0.15, -0.1) is 0 Å². The average Bonchev–Trinajstić information content (AvgIpc) is 2.94. The SMILES string of the molecule is CCn1cc(CNC(=S)N[C@@H](C)c2ccccc2)cn1. The van der Waals surface area contributed by atoms with Crippen molar-refractivity contribution in [2.24, 2.45) is 0 Å². The normalized spacial score (nSPS) is 11.9. The van der Waals surface area contributed by atoms with Gasteiger partial charge >= 0.3 is 0 Å². The van der Waals surface area contributed by atoms with Crippen LogP contribution in [0.5, 0.6) is 0 Å². The van der Waals surface area contributed by atoms with Gasteiger partial charge in [-0.2, -0.15) is 5.10 Å². The molecular formula is C15H20N4S. The third kappa shape index (κ3) is 4.06. The molecule has 5 heteroatoms. The molecule has 106 valence electrons. The van der Waals surface area contributed by atoms with Crippen LogP contribution in [0.25, 0.3) is 0 Å². The highest BCUT2D eigenvalue weighted by atomic mass is 32.1. The fourth-order valence-corrected chi connectivity index (χ4v) is 2.17. The Morgan fingerprint density at radius 3 is 2.75 bits per heavy atom. The van der Waals surface area contributed by atoms with E-state index in [9.17, 15) is 0 Å². The minimum Gasteiger partial charge on any atom is -0.359 e. The highest BCUT2D eigenvalue weighted by Crippen LogP contribution is 2.10. The average molecular weight is 288 g/mol. The van der Waals surface area contributed by atoms with Crippen molar-refractivity contribution in [3.8, 4) is 0 Å². The van der Waals surface area contributed by atoms with Crippen molar-refractivity contribution in [3.05, 3.63) is 53.9 Å². The summed E-state index contributed by atoms with van der Waals surface area (Å²) < 4.78 is 1.90. The van der Waals surface area contributed by atoms with Gasteiger partial charge in [-0.05, 0) is 31.6 Å². The van der Waals surface area contributed by atoms with Gasteiger partial charge in [-0.1, -0.05) is 30.3 Å². The Morgan fingerprint density at radius 2 is 2.10 bits per heavy atom. The van der Waals surface area contributed by atoms with E-state index in [1.165, 1.54) is 5.56 Å². The highest BCUT2D eigenvalue weighted by Gasteiger charge is 2.06. The molecular weight excluding hydrogens is 268 g/mol. The molecule has 0 fully saturated rings. The fourth-order valence-electron chi connectivity index (χ4n) is 1.93. The molecule has 1 aromatic heterocycles. The van der Waals surface area contributed by atoms with Crippen LogP contribution in [-0.2, 0) is 13.1 Å². The molecule has 0 unspecified atom stereocenters. The lowest BCUT2D eigenvalue weighted by molar-refractivity contribution is 0.658. The minimum atomic E-state index is 0.189. The van der Waals surface area contributed by atoms with Crippen LogP contribution in [0.1, 0.15) is 31.0 Å². The number of aromatic nitrogens is 2. The van der Waals surface area contributed by atoms with E-state index in [1.807, 2.05) is 35.3 Å². The Kier molecular flexibility index (Phi) is 5.12. The Bertz CT molecular complexity index is 550. The Labute approximate surface area is 125 Å². The highest BCUT2D eigenvalue weighted by molar-refractivity contribution is 7.80. The van der Waals surface area contributed by atoms with E-state index < -0.39 is 0 Å². The van der Waals surface area contributed by atoms with E-state index in [2.05, 4.69) is 41.7 Å². The number of nitrogens with zero attached hydrogens (tertiary/aromatic N) is 2. The van der Waals surface area contributed by atoms with Crippen molar-refractivity contribution < 1.29 is 0 Å². The van der Waals surface area contributed by atoms with Crippen LogP contribution in [0.4, 0.5) is 0 Å². The molecule has 2 rings (SSSR count). The van der Waals surface area contributed by atoms with Crippen LogP contribution in [0.2, 0.25) is 0 Å². The van der Waals surface area contributed by atoms with Crippen molar-refractivity contribution in [2.75, 3.05) is 0 Å². The monoisotopic (exact) mass is 288 g/mol. The molecule has 2 aromatic rings. The molecule has 2 N–H and O–H groups in total. The van der Waals surface area contributed by atoms with Crippen molar-refractivity contribution in [1.29, 1.82) is 0 Å². The van der Waals surface area contributed by atoms with Gasteiger partial charge in [0.1, 0.15) is 0 Å². The zero-order chi connectivity index (χ0) is 14.4. The number of benzene rings is 1. The number of rotatable bonds is 5. The number of hydrogen-bond donors (Lipinski definition) is 2. The van der Waals surface area contributed by atoms with Crippen molar-refractivity contribution in [1.82, 2.24) is 20.4 Å². The Morgan fingerprint density at radius 1 is 1.35 bits per heavy atom. The molecule has 0 amide bonds. The second-order valence-corrected chi connectivity index (χ2v) is 5.07. The van der Waals surface area contributed by atoms with Gasteiger partial charge in [-0.25, -0.2) is 0 Å². The molecule has 0 aliphatic heterocycles. The summed E-state index contributed by atoms with van der Waals surface area (Å²) in [6, 6.07) is 10.4. The smallest absolute Gasteiger partial charge is 0.167 e. The standard InChI is InChI=1S/C15H20N4S/c1-3-19-11-13(10-17-19)9-16-15(20)18-12(2)14-7-5-4-6-8-14/h4-8,10-12H,3,9H2,1-2H3,(H2,16,18,20)/t12-/m0/s1. The summed E-state index contributed by atoms with van der Waals surface area (Å²) in [5.41, 5.74) is 2.35. The van der Waals surface area contributed by atoms with Gasteiger partial charge < -0.3 is 10.6 Å². The van der Waals surface area contributed by atoms with Crippen LogP contribution in [0.15, 0.2) is 42.7 Å². The van der Waals surface area contributed by atoms with Crippen LogP contribution in [-0.4, -0.2) is 14.9 Å². The lowest BCUT2D eigenvalue weighted by Crippen LogP contribution is -2.36. The van der Waals surface area contributed by atoms with E-state index in [1.54, 1.807) is 0 Å². The zero-order valence-corrected chi connectivity index (χ0v) is 12.7. The first kappa shape index (κ1) is 14.5. The second-order valence-electron chi connectivity index (χ2n) is 4.66. The summed E-state index contributed by atoms with van der Waals surface area (Å²) >= 11 is 5.32. The maximum absolute atomic E-state index is 5.32. The molecule has 0 saturated heterocycles. The van der Waals surface area contributed by atoms with Crippen molar-refractivity contribution >= 4 is 17.3 Å². The first-order valence-electron chi connectivity index (χ1n) is 6.79. The van der Waals surface area contributed by atoms with Crippen molar-refractivity contribution in [2.45, 2.75) is 33.0 Å².